The Labute approximate surface area is 90.7 Å². The summed E-state index contributed by atoms with van der Waals surface area (Å²) in [5.74, 6) is -0.149. The number of rotatable bonds is 2. The number of piperidine rings is 1. The van der Waals surface area contributed by atoms with E-state index < -0.39 is 0 Å². The number of hydrogen-bond donors (Lipinski definition) is 1. The van der Waals surface area contributed by atoms with Gasteiger partial charge in [0.25, 0.3) is 0 Å². The first kappa shape index (κ1) is 10.6. The van der Waals surface area contributed by atoms with Crippen LogP contribution in [0.5, 0.6) is 0 Å². The van der Waals surface area contributed by atoms with Crippen LogP contribution in [-0.2, 0) is 6.42 Å². The molecule has 1 aliphatic heterocycles. The maximum Gasteiger partial charge on any atom is 0.123 e. The van der Waals surface area contributed by atoms with Crippen molar-refractivity contribution in [3.63, 3.8) is 0 Å². The van der Waals surface area contributed by atoms with Crippen molar-refractivity contribution in [3.8, 4) is 0 Å². The molecule has 0 saturated carbocycles. The Morgan fingerprint density at radius 2 is 2.00 bits per heavy atom. The first-order valence-corrected chi connectivity index (χ1v) is 5.74. The summed E-state index contributed by atoms with van der Waals surface area (Å²) in [5.41, 5.74) is 1.23. The summed E-state index contributed by atoms with van der Waals surface area (Å²) in [6.45, 7) is 2.23. The topological polar surface area (TPSA) is 12.0 Å². The van der Waals surface area contributed by atoms with Crippen LogP contribution in [0.2, 0.25) is 0 Å². The second-order valence-corrected chi connectivity index (χ2v) is 4.53. The van der Waals surface area contributed by atoms with Crippen molar-refractivity contribution < 1.29 is 4.39 Å². The summed E-state index contributed by atoms with van der Waals surface area (Å²) in [7, 11) is 0. The molecule has 0 aliphatic carbocycles. The van der Waals surface area contributed by atoms with Gasteiger partial charge in [-0.15, -0.1) is 0 Å². The van der Waals surface area contributed by atoms with Gasteiger partial charge in [-0.1, -0.05) is 18.6 Å². The van der Waals surface area contributed by atoms with Crippen LogP contribution in [-0.4, -0.2) is 12.1 Å². The fourth-order valence-corrected chi connectivity index (χ4v) is 2.31. The highest BCUT2D eigenvalue weighted by atomic mass is 19.1. The van der Waals surface area contributed by atoms with Gasteiger partial charge in [0.05, 0.1) is 0 Å². The molecule has 15 heavy (non-hydrogen) atoms. The van der Waals surface area contributed by atoms with Gasteiger partial charge < -0.3 is 5.32 Å². The van der Waals surface area contributed by atoms with Gasteiger partial charge in [0.2, 0.25) is 0 Å². The lowest BCUT2D eigenvalue weighted by molar-refractivity contribution is 0.333. The van der Waals surface area contributed by atoms with E-state index in [9.17, 15) is 4.39 Å². The van der Waals surface area contributed by atoms with Crippen LogP contribution >= 0.6 is 0 Å². The summed E-state index contributed by atoms with van der Waals surface area (Å²) in [4.78, 5) is 0. The molecule has 1 N–H and O–H groups in total. The van der Waals surface area contributed by atoms with Crippen LogP contribution in [0.4, 0.5) is 4.39 Å². The average molecular weight is 207 g/mol. The maximum atomic E-state index is 12.7. The van der Waals surface area contributed by atoms with Crippen LogP contribution in [0.15, 0.2) is 24.3 Å². The van der Waals surface area contributed by atoms with Gasteiger partial charge in [0, 0.05) is 12.1 Å². The van der Waals surface area contributed by atoms with E-state index in [1.54, 1.807) is 12.1 Å². The summed E-state index contributed by atoms with van der Waals surface area (Å²) in [5, 5.41) is 3.59. The van der Waals surface area contributed by atoms with Gasteiger partial charge in [-0.2, -0.15) is 0 Å². The molecule has 2 atom stereocenters. The predicted molar refractivity (Wildman–Crippen MR) is 60.3 cm³/mol. The standard InChI is InChI=1S/C13H18FN/c1-10-3-2-4-13(15-10)9-11-5-7-12(14)8-6-11/h5-8,10,13,15H,2-4,9H2,1H3. The maximum absolute atomic E-state index is 12.7. The Hall–Kier alpha value is -0.890. The Morgan fingerprint density at radius 1 is 1.27 bits per heavy atom. The zero-order chi connectivity index (χ0) is 10.7. The van der Waals surface area contributed by atoms with E-state index in [1.807, 2.05) is 12.1 Å². The minimum atomic E-state index is -0.149. The van der Waals surface area contributed by atoms with E-state index in [1.165, 1.54) is 24.8 Å². The number of benzene rings is 1. The third kappa shape index (κ3) is 3.03. The van der Waals surface area contributed by atoms with E-state index in [2.05, 4.69) is 12.2 Å². The normalized spacial score (nSPS) is 26.5. The molecule has 1 saturated heterocycles. The lowest BCUT2D eigenvalue weighted by Crippen LogP contribution is -2.41. The van der Waals surface area contributed by atoms with Gasteiger partial charge in [-0.3, -0.25) is 0 Å². The van der Waals surface area contributed by atoms with Gasteiger partial charge in [-0.25, -0.2) is 4.39 Å². The van der Waals surface area contributed by atoms with Gasteiger partial charge in [0.1, 0.15) is 5.82 Å². The molecular formula is C13H18FN. The third-order valence-electron chi connectivity index (χ3n) is 3.11. The number of nitrogens with one attached hydrogen (secondary N) is 1. The molecule has 82 valence electrons. The quantitative estimate of drug-likeness (QED) is 0.786. The number of halogens is 1. The van der Waals surface area contributed by atoms with E-state index in [0.29, 0.717) is 12.1 Å². The smallest absolute Gasteiger partial charge is 0.123 e. The zero-order valence-corrected chi connectivity index (χ0v) is 9.17. The monoisotopic (exact) mass is 207 g/mol. The van der Waals surface area contributed by atoms with Gasteiger partial charge in [-0.05, 0) is 43.9 Å². The lowest BCUT2D eigenvalue weighted by Gasteiger charge is -2.28. The molecule has 0 amide bonds. The molecule has 0 bridgehead atoms. The molecule has 0 radical (unpaired) electrons. The summed E-state index contributed by atoms with van der Waals surface area (Å²) < 4.78 is 12.7. The van der Waals surface area contributed by atoms with Crippen LogP contribution in [0.1, 0.15) is 31.7 Å². The second kappa shape index (κ2) is 4.75. The summed E-state index contributed by atoms with van der Waals surface area (Å²) >= 11 is 0. The molecule has 2 unspecified atom stereocenters. The van der Waals surface area contributed by atoms with E-state index in [-0.39, 0.29) is 5.82 Å². The van der Waals surface area contributed by atoms with Crippen molar-refractivity contribution >= 4 is 0 Å². The van der Waals surface area contributed by atoms with E-state index in [0.717, 1.165) is 6.42 Å². The largest absolute Gasteiger partial charge is 0.311 e. The molecule has 0 aromatic heterocycles. The summed E-state index contributed by atoms with van der Waals surface area (Å²) in [6, 6.07) is 8.05. The van der Waals surface area contributed by atoms with Crippen molar-refractivity contribution in [2.24, 2.45) is 0 Å². The molecule has 1 aromatic carbocycles. The van der Waals surface area contributed by atoms with Gasteiger partial charge in [0.15, 0.2) is 0 Å². The molecule has 1 nitrogen and oxygen atoms in total. The molecule has 0 spiro atoms. The number of hydrogen-bond acceptors (Lipinski definition) is 1. The minimum absolute atomic E-state index is 0.149. The fourth-order valence-electron chi connectivity index (χ4n) is 2.31. The van der Waals surface area contributed by atoms with E-state index in [4.69, 9.17) is 0 Å². The Kier molecular flexibility index (Phi) is 3.37. The lowest BCUT2D eigenvalue weighted by atomic mass is 9.94. The van der Waals surface area contributed by atoms with Crippen molar-refractivity contribution in [1.82, 2.24) is 5.32 Å². The zero-order valence-electron chi connectivity index (χ0n) is 9.17. The van der Waals surface area contributed by atoms with Crippen LogP contribution < -0.4 is 5.32 Å². The SMILES string of the molecule is CC1CCCC(Cc2ccc(F)cc2)N1. The van der Waals surface area contributed by atoms with Crippen molar-refractivity contribution in [3.05, 3.63) is 35.6 Å². The molecular weight excluding hydrogens is 189 g/mol. The molecule has 1 heterocycles. The Bertz CT molecular complexity index is 307. The van der Waals surface area contributed by atoms with Crippen LogP contribution in [0.3, 0.4) is 0 Å². The first-order chi connectivity index (χ1) is 7.24. The molecule has 2 heteroatoms. The highest BCUT2D eigenvalue weighted by molar-refractivity contribution is 5.17. The predicted octanol–water partition coefficient (Wildman–Crippen LogP) is 2.90. The van der Waals surface area contributed by atoms with Gasteiger partial charge >= 0.3 is 0 Å². The van der Waals surface area contributed by atoms with Crippen LogP contribution in [0, 0.1) is 5.82 Å². The fraction of sp³-hybridized carbons (Fsp3) is 0.538. The minimum Gasteiger partial charge on any atom is -0.311 e. The molecule has 1 aromatic rings. The highest BCUT2D eigenvalue weighted by Crippen LogP contribution is 2.16. The Morgan fingerprint density at radius 3 is 2.67 bits per heavy atom. The van der Waals surface area contributed by atoms with Crippen molar-refractivity contribution in [2.45, 2.75) is 44.7 Å². The van der Waals surface area contributed by atoms with Crippen LogP contribution in [0.25, 0.3) is 0 Å². The molecule has 1 aliphatic rings. The summed E-state index contributed by atoms with van der Waals surface area (Å²) in [6.07, 6.45) is 4.84. The second-order valence-electron chi connectivity index (χ2n) is 4.53. The third-order valence-corrected chi connectivity index (χ3v) is 3.11. The average Bonchev–Trinajstić information content (AvgIpc) is 2.22. The van der Waals surface area contributed by atoms with E-state index >= 15 is 0 Å². The van der Waals surface area contributed by atoms with Crippen molar-refractivity contribution in [1.29, 1.82) is 0 Å². The molecule has 2 rings (SSSR count). The highest BCUT2D eigenvalue weighted by Gasteiger charge is 2.17. The molecule has 1 fully saturated rings. The first-order valence-electron chi connectivity index (χ1n) is 5.74. The van der Waals surface area contributed by atoms with Crippen molar-refractivity contribution in [2.75, 3.05) is 0 Å². The Balaban J connectivity index is 1.93.